The third-order valence-corrected chi connectivity index (χ3v) is 4.87. The highest BCUT2D eigenvalue weighted by atomic mass is 35.5. The summed E-state index contributed by atoms with van der Waals surface area (Å²) in [6.45, 7) is 1.94. The van der Waals surface area contributed by atoms with Crippen LogP contribution in [0.3, 0.4) is 0 Å². The summed E-state index contributed by atoms with van der Waals surface area (Å²) < 4.78 is 23.0. The van der Waals surface area contributed by atoms with E-state index in [1.165, 1.54) is 0 Å². The Morgan fingerprint density at radius 3 is 2.38 bits per heavy atom. The van der Waals surface area contributed by atoms with Gasteiger partial charge in [-0.05, 0) is 42.3 Å². The van der Waals surface area contributed by atoms with Gasteiger partial charge in [0, 0.05) is 17.0 Å². The van der Waals surface area contributed by atoms with E-state index in [0.29, 0.717) is 17.1 Å². The molecule has 0 aliphatic carbocycles. The first-order valence-corrected chi connectivity index (χ1v) is 9.69. The fourth-order valence-corrected chi connectivity index (χ4v) is 3.08. The zero-order chi connectivity index (χ0) is 17.7. The monoisotopic (exact) mass is 366 g/mol. The van der Waals surface area contributed by atoms with Gasteiger partial charge in [0.25, 0.3) is 0 Å². The predicted molar refractivity (Wildman–Crippen MR) is 96.2 cm³/mol. The Hall–Kier alpha value is -2.05. The number of hydrogen-bond donors (Lipinski definition) is 2. The SMILES string of the molecule is CC[C@@H](NC(=O)Nc1cccc(Cl)c1)c1ccc(S(C)(=O)=O)cc1. The van der Waals surface area contributed by atoms with Crippen molar-refractivity contribution in [3.63, 3.8) is 0 Å². The zero-order valence-corrected chi connectivity index (χ0v) is 15.0. The van der Waals surface area contributed by atoms with Crippen molar-refractivity contribution >= 4 is 33.2 Å². The summed E-state index contributed by atoms with van der Waals surface area (Å²) in [5.41, 5.74) is 1.44. The highest BCUT2D eigenvalue weighted by Gasteiger charge is 2.14. The second-order valence-corrected chi connectivity index (χ2v) is 7.86. The number of halogens is 1. The summed E-state index contributed by atoms with van der Waals surface area (Å²) in [6, 6.07) is 12.8. The van der Waals surface area contributed by atoms with Crippen molar-refractivity contribution in [2.24, 2.45) is 0 Å². The van der Waals surface area contributed by atoms with Crippen molar-refractivity contribution in [2.45, 2.75) is 24.3 Å². The first kappa shape index (κ1) is 18.3. The molecule has 1 atom stereocenters. The topological polar surface area (TPSA) is 75.3 Å². The van der Waals surface area contributed by atoms with Crippen molar-refractivity contribution in [2.75, 3.05) is 11.6 Å². The molecule has 0 unspecified atom stereocenters. The number of rotatable bonds is 5. The quantitative estimate of drug-likeness (QED) is 0.839. The third kappa shape index (κ3) is 4.97. The number of hydrogen-bond acceptors (Lipinski definition) is 3. The molecule has 0 saturated carbocycles. The molecule has 0 spiro atoms. The molecule has 2 amide bonds. The molecule has 7 heteroatoms. The molecule has 0 radical (unpaired) electrons. The minimum atomic E-state index is -3.23. The molecule has 2 aromatic carbocycles. The van der Waals surface area contributed by atoms with Crippen LogP contribution in [0.25, 0.3) is 0 Å². The Labute approximate surface area is 147 Å². The molecule has 5 nitrogen and oxygen atoms in total. The first-order chi connectivity index (χ1) is 11.3. The number of nitrogens with one attached hydrogen (secondary N) is 2. The van der Waals surface area contributed by atoms with Crippen molar-refractivity contribution < 1.29 is 13.2 Å². The summed E-state index contributed by atoms with van der Waals surface area (Å²) in [5, 5.41) is 6.13. The first-order valence-electron chi connectivity index (χ1n) is 7.42. The van der Waals surface area contributed by atoms with E-state index in [1.807, 2.05) is 6.92 Å². The van der Waals surface area contributed by atoms with E-state index >= 15 is 0 Å². The van der Waals surface area contributed by atoms with Gasteiger partial charge in [-0.25, -0.2) is 13.2 Å². The fraction of sp³-hybridized carbons (Fsp3) is 0.235. The van der Waals surface area contributed by atoms with Gasteiger partial charge in [-0.3, -0.25) is 0 Å². The Kier molecular flexibility index (Phi) is 5.85. The molecule has 0 aliphatic rings. The minimum Gasteiger partial charge on any atom is -0.331 e. The van der Waals surface area contributed by atoms with Crippen LogP contribution in [0.5, 0.6) is 0 Å². The molecule has 0 saturated heterocycles. The van der Waals surface area contributed by atoms with E-state index in [-0.39, 0.29) is 17.0 Å². The van der Waals surface area contributed by atoms with Crippen LogP contribution in [0.1, 0.15) is 24.9 Å². The highest BCUT2D eigenvalue weighted by Crippen LogP contribution is 2.20. The average Bonchev–Trinajstić information content (AvgIpc) is 2.52. The Morgan fingerprint density at radius 1 is 1.17 bits per heavy atom. The zero-order valence-electron chi connectivity index (χ0n) is 13.4. The van der Waals surface area contributed by atoms with Crippen LogP contribution in [-0.4, -0.2) is 20.7 Å². The molecule has 0 heterocycles. The van der Waals surface area contributed by atoms with Gasteiger partial charge in [0.2, 0.25) is 0 Å². The summed E-state index contributed by atoms with van der Waals surface area (Å²) in [6.07, 6.45) is 1.83. The van der Waals surface area contributed by atoms with Gasteiger partial charge in [-0.1, -0.05) is 36.7 Å². The van der Waals surface area contributed by atoms with Crippen molar-refractivity contribution in [3.8, 4) is 0 Å². The van der Waals surface area contributed by atoms with Crippen LogP contribution >= 0.6 is 11.6 Å². The van der Waals surface area contributed by atoms with Crippen molar-refractivity contribution in [1.29, 1.82) is 0 Å². The van der Waals surface area contributed by atoms with E-state index in [0.717, 1.165) is 11.8 Å². The van der Waals surface area contributed by atoms with Gasteiger partial charge in [0.1, 0.15) is 0 Å². The van der Waals surface area contributed by atoms with Crippen LogP contribution < -0.4 is 10.6 Å². The van der Waals surface area contributed by atoms with E-state index in [9.17, 15) is 13.2 Å². The van der Waals surface area contributed by atoms with E-state index in [4.69, 9.17) is 11.6 Å². The summed E-state index contributed by atoms with van der Waals surface area (Å²) >= 11 is 5.89. The van der Waals surface area contributed by atoms with E-state index in [1.54, 1.807) is 48.5 Å². The second kappa shape index (κ2) is 7.68. The molecular weight excluding hydrogens is 348 g/mol. The molecule has 0 aromatic heterocycles. The summed E-state index contributed by atoms with van der Waals surface area (Å²) in [5.74, 6) is 0. The number of urea groups is 1. The predicted octanol–water partition coefficient (Wildman–Crippen LogP) is 4.02. The number of carbonyl (C=O) groups excluding carboxylic acids is 1. The lowest BCUT2D eigenvalue weighted by molar-refractivity contribution is 0.248. The molecule has 128 valence electrons. The average molecular weight is 367 g/mol. The molecule has 2 N–H and O–H groups in total. The van der Waals surface area contributed by atoms with Crippen LogP contribution in [0, 0.1) is 0 Å². The molecule has 2 rings (SSSR count). The van der Waals surface area contributed by atoms with Crippen molar-refractivity contribution in [1.82, 2.24) is 5.32 Å². The maximum absolute atomic E-state index is 12.1. The molecule has 0 bridgehead atoms. The fourth-order valence-electron chi connectivity index (χ4n) is 2.26. The van der Waals surface area contributed by atoms with Gasteiger partial charge in [-0.2, -0.15) is 0 Å². The van der Waals surface area contributed by atoms with Gasteiger partial charge >= 0.3 is 6.03 Å². The molecule has 24 heavy (non-hydrogen) atoms. The molecule has 0 aliphatic heterocycles. The number of sulfone groups is 1. The van der Waals surface area contributed by atoms with Crippen LogP contribution in [-0.2, 0) is 9.84 Å². The number of carbonyl (C=O) groups is 1. The maximum atomic E-state index is 12.1. The Morgan fingerprint density at radius 2 is 1.83 bits per heavy atom. The smallest absolute Gasteiger partial charge is 0.319 e. The summed E-state index contributed by atoms with van der Waals surface area (Å²) in [4.78, 5) is 12.4. The van der Waals surface area contributed by atoms with Gasteiger partial charge in [0.15, 0.2) is 9.84 Å². The number of benzene rings is 2. The lowest BCUT2D eigenvalue weighted by atomic mass is 10.1. The summed E-state index contributed by atoms with van der Waals surface area (Å²) in [7, 11) is -3.23. The second-order valence-electron chi connectivity index (χ2n) is 5.41. The normalized spacial score (nSPS) is 12.5. The van der Waals surface area contributed by atoms with Crippen molar-refractivity contribution in [3.05, 3.63) is 59.1 Å². The molecule has 0 fully saturated rings. The lowest BCUT2D eigenvalue weighted by Crippen LogP contribution is -2.32. The number of anilines is 1. The highest BCUT2D eigenvalue weighted by molar-refractivity contribution is 7.90. The standard InChI is InChI=1S/C17H19ClN2O3S/c1-3-16(12-7-9-15(10-8-12)24(2,22)23)20-17(21)19-14-6-4-5-13(18)11-14/h4-11,16H,3H2,1-2H3,(H2,19,20,21)/t16-/m1/s1. The number of amides is 2. The minimum absolute atomic E-state index is 0.224. The van der Waals surface area contributed by atoms with E-state index in [2.05, 4.69) is 10.6 Å². The lowest BCUT2D eigenvalue weighted by Gasteiger charge is -2.18. The molecule has 2 aromatic rings. The van der Waals surface area contributed by atoms with Crippen LogP contribution in [0.2, 0.25) is 5.02 Å². The van der Waals surface area contributed by atoms with Crippen LogP contribution in [0.15, 0.2) is 53.4 Å². The van der Waals surface area contributed by atoms with E-state index < -0.39 is 9.84 Å². The van der Waals surface area contributed by atoms with Gasteiger partial charge < -0.3 is 10.6 Å². The Bertz CT molecular complexity index is 820. The molecular formula is C17H19ClN2O3S. The van der Waals surface area contributed by atoms with Crippen LogP contribution in [0.4, 0.5) is 10.5 Å². The van der Waals surface area contributed by atoms with Gasteiger partial charge in [0.05, 0.1) is 10.9 Å². The largest absolute Gasteiger partial charge is 0.331 e. The third-order valence-electron chi connectivity index (χ3n) is 3.51. The Balaban J connectivity index is 2.07. The van der Waals surface area contributed by atoms with Gasteiger partial charge in [-0.15, -0.1) is 0 Å². The maximum Gasteiger partial charge on any atom is 0.319 e.